The van der Waals surface area contributed by atoms with Crippen molar-refractivity contribution in [1.82, 2.24) is 0 Å². The highest BCUT2D eigenvalue weighted by atomic mass is 32.2. The van der Waals surface area contributed by atoms with Crippen molar-refractivity contribution in [2.75, 3.05) is 0 Å². The lowest BCUT2D eigenvalue weighted by Gasteiger charge is -2.05. The van der Waals surface area contributed by atoms with E-state index in [1.165, 1.54) is 0 Å². The molecule has 0 unspecified atom stereocenters. The minimum Gasteiger partial charge on any atom is -0.174 e. The van der Waals surface area contributed by atoms with E-state index in [9.17, 15) is 0 Å². The number of hydrogen-bond acceptors (Lipinski definition) is 4. The Labute approximate surface area is 78.2 Å². The predicted octanol–water partition coefficient (Wildman–Crippen LogP) is 2.94. The first-order valence-corrected chi connectivity index (χ1v) is 6.66. The van der Waals surface area contributed by atoms with Gasteiger partial charge < -0.3 is 0 Å². The number of rotatable bonds is 1. The maximum atomic E-state index is 2.19. The van der Waals surface area contributed by atoms with Crippen molar-refractivity contribution in [2.45, 2.75) is 0 Å². The van der Waals surface area contributed by atoms with Gasteiger partial charge in [0.05, 0.1) is 0 Å². The Morgan fingerprint density at radius 1 is 0.600 bits per heavy atom. The van der Waals surface area contributed by atoms with Gasteiger partial charge >= 0.3 is 0 Å². The van der Waals surface area contributed by atoms with Gasteiger partial charge in [-0.3, -0.25) is 0 Å². The Morgan fingerprint density at radius 2 is 0.900 bits per heavy atom. The maximum absolute atomic E-state index is 2.19. The highest BCUT2D eigenvalue weighted by molar-refractivity contribution is 8.80. The van der Waals surface area contributed by atoms with Gasteiger partial charge in [0.15, 0.2) is 0 Å². The van der Waals surface area contributed by atoms with Gasteiger partial charge in [-0.05, 0) is 21.6 Å². The summed E-state index contributed by atoms with van der Waals surface area (Å²) in [5, 5.41) is 10.2. The second kappa shape index (κ2) is 3.61. The van der Waals surface area contributed by atoms with Crippen LogP contribution in [-0.4, -0.2) is 10.3 Å². The highest BCUT2D eigenvalue weighted by Gasteiger charge is 2.34. The standard InChI is InChI=1S/C4H4B2S4/c1-2-8-5(7-1)6-9-3-4-10-6/h1-4H. The molecule has 50 valence electrons. The van der Waals surface area contributed by atoms with Gasteiger partial charge in [0.2, 0.25) is 0 Å². The molecule has 0 aromatic rings. The van der Waals surface area contributed by atoms with E-state index in [2.05, 4.69) is 21.6 Å². The molecule has 0 atom stereocenters. The topological polar surface area (TPSA) is 0 Å². The SMILES string of the molecule is C1=CSB(B2SC=CS2)S1. The minimum absolute atomic E-state index is 0.741. The van der Waals surface area contributed by atoms with Crippen LogP contribution in [0.25, 0.3) is 0 Å². The fourth-order valence-corrected chi connectivity index (χ4v) is 5.74. The summed E-state index contributed by atoms with van der Waals surface area (Å²) in [6, 6.07) is 0. The molecular weight excluding hydrogens is 198 g/mol. The Bertz CT molecular complexity index is 144. The number of hydrogen-bond donors (Lipinski definition) is 0. The van der Waals surface area contributed by atoms with Crippen molar-refractivity contribution >= 4 is 56.8 Å². The zero-order valence-electron chi connectivity index (χ0n) is 5.10. The van der Waals surface area contributed by atoms with Gasteiger partial charge in [-0.25, -0.2) is 0 Å². The lowest BCUT2D eigenvalue weighted by Crippen LogP contribution is -2.18. The zero-order valence-corrected chi connectivity index (χ0v) is 8.36. The Morgan fingerprint density at radius 3 is 1.20 bits per heavy atom. The van der Waals surface area contributed by atoms with Gasteiger partial charge in [-0.15, -0.1) is 0 Å². The fraction of sp³-hybridized carbons (Fsp3) is 0. The van der Waals surface area contributed by atoms with E-state index in [0.29, 0.717) is 0 Å². The van der Waals surface area contributed by atoms with Crippen LogP contribution in [0.2, 0.25) is 0 Å². The monoisotopic (exact) mass is 202 g/mol. The van der Waals surface area contributed by atoms with Crippen molar-refractivity contribution in [2.24, 2.45) is 0 Å². The largest absolute Gasteiger partial charge is 0.279 e. The molecule has 0 nitrogen and oxygen atoms in total. The molecule has 0 N–H and O–H groups in total. The summed E-state index contributed by atoms with van der Waals surface area (Å²) in [6.07, 6.45) is 0. The summed E-state index contributed by atoms with van der Waals surface area (Å²) >= 11 is 7.76. The predicted molar refractivity (Wildman–Crippen MR) is 60.2 cm³/mol. The molecule has 2 aliphatic rings. The smallest absolute Gasteiger partial charge is 0.174 e. The normalized spacial score (nSPS) is 23.2. The van der Waals surface area contributed by atoms with Crippen molar-refractivity contribution in [3.63, 3.8) is 0 Å². The van der Waals surface area contributed by atoms with Crippen molar-refractivity contribution < 1.29 is 0 Å². The fourth-order valence-electron chi connectivity index (χ4n) is 0.759. The van der Waals surface area contributed by atoms with Gasteiger partial charge in [-0.2, -0.15) is 46.5 Å². The highest BCUT2D eigenvalue weighted by Crippen LogP contribution is 2.42. The molecule has 0 spiro atoms. The summed E-state index contributed by atoms with van der Waals surface area (Å²) < 4.78 is 0. The van der Waals surface area contributed by atoms with E-state index in [0.717, 1.165) is 10.3 Å². The van der Waals surface area contributed by atoms with Crippen LogP contribution in [-0.2, 0) is 0 Å². The summed E-state index contributed by atoms with van der Waals surface area (Å²) in [6.45, 7) is 0. The molecule has 0 amide bonds. The summed E-state index contributed by atoms with van der Waals surface area (Å²) in [4.78, 5) is 0. The van der Waals surface area contributed by atoms with Gasteiger partial charge in [0.1, 0.15) is 0 Å². The first-order chi connectivity index (χ1) is 4.97. The average Bonchev–Trinajstić information content (AvgIpc) is 2.59. The van der Waals surface area contributed by atoms with E-state index in [1.54, 1.807) is 0 Å². The summed E-state index contributed by atoms with van der Waals surface area (Å²) in [7, 11) is 0. The second-order valence-corrected chi connectivity index (χ2v) is 6.63. The first-order valence-electron chi connectivity index (χ1n) is 2.89. The molecule has 0 aliphatic carbocycles. The van der Waals surface area contributed by atoms with Crippen molar-refractivity contribution in [3.8, 4) is 0 Å². The van der Waals surface area contributed by atoms with Gasteiger partial charge in [0.25, 0.3) is 10.3 Å². The van der Waals surface area contributed by atoms with Crippen LogP contribution >= 0.6 is 46.5 Å². The Kier molecular flexibility index (Phi) is 2.76. The quantitative estimate of drug-likeness (QED) is 0.599. The third kappa shape index (κ3) is 1.60. The molecule has 2 aliphatic heterocycles. The van der Waals surface area contributed by atoms with Gasteiger partial charge in [-0.1, -0.05) is 0 Å². The van der Waals surface area contributed by atoms with Gasteiger partial charge in [0, 0.05) is 0 Å². The lowest BCUT2D eigenvalue weighted by molar-refractivity contribution is 2.61. The van der Waals surface area contributed by atoms with Crippen LogP contribution in [0.4, 0.5) is 0 Å². The molecule has 0 radical (unpaired) electrons. The van der Waals surface area contributed by atoms with Crippen LogP contribution in [0, 0.1) is 0 Å². The van der Waals surface area contributed by atoms with E-state index in [1.807, 2.05) is 46.5 Å². The first kappa shape index (κ1) is 7.65. The van der Waals surface area contributed by atoms with Crippen molar-refractivity contribution in [1.29, 1.82) is 0 Å². The van der Waals surface area contributed by atoms with E-state index < -0.39 is 0 Å². The summed E-state index contributed by atoms with van der Waals surface area (Å²) in [5.41, 5.74) is 0. The minimum atomic E-state index is 0.741. The Balaban J connectivity index is 1.89. The molecule has 10 heavy (non-hydrogen) atoms. The maximum Gasteiger partial charge on any atom is 0.279 e. The molecule has 0 fully saturated rings. The molecule has 0 aromatic carbocycles. The van der Waals surface area contributed by atoms with E-state index >= 15 is 0 Å². The van der Waals surface area contributed by atoms with E-state index in [4.69, 9.17) is 0 Å². The van der Waals surface area contributed by atoms with Crippen LogP contribution < -0.4 is 0 Å². The van der Waals surface area contributed by atoms with Crippen LogP contribution in [0.3, 0.4) is 0 Å². The molecule has 2 heterocycles. The average molecular weight is 202 g/mol. The third-order valence-electron chi connectivity index (χ3n) is 1.18. The Hall–Kier alpha value is 1.01. The summed E-state index contributed by atoms with van der Waals surface area (Å²) in [5.74, 6) is 0. The molecule has 0 saturated carbocycles. The molecule has 0 aromatic heterocycles. The second-order valence-electron chi connectivity index (χ2n) is 1.83. The molecule has 0 saturated heterocycles. The molecular formula is C4H4B2S4. The zero-order chi connectivity index (χ0) is 6.81. The lowest BCUT2D eigenvalue weighted by atomic mass is 9.72. The van der Waals surface area contributed by atoms with E-state index in [-0.39, 0.29) is 0 Å². The van der Waals surface area contributed by atoms with Crippen molar-refractivity contribution in [3.05, 3.63) is 21.6 Å². The molecule has 6 heteroatoms. The van der Waals surface area contributed by atoms with Crippen LogP contribution in [0.5, 0.6) is 0 Å². The van der Waals surface area contributed by atoms with Crippen LogP contribution in [0.15, 0.2) is 21.6 Å². The molecule has 0 bridgehead atoms. The third-order valence-corrected chi connectivity index (χ3v) is 6.89. The molecule has 2 rings (SSSR count). The van der Waals surface area contributed by atoms with Crippen LogP contribution in [0.1, 0.15) is 0 Å².